The van der Waals surface area contributed by atoms with Crippen LogP contribution in [0, 0.1) is 0 Å². The summed E-state index contributed by atoms with van der Waals surface area (Å²) >= 11 is 0. The number of phenolic OH excluding ortho intramolecular Hbond substituents is 1. The fourth-order valence-corrected chi connectivity index (χ4v) is 10.2. The summed E-state index contributed by atoms with van der Waals surface area (Å²) in [6, 6.07) is 58.9. The van der Waals surface area contributed by atoms with Gasteiger partial charge in [0.2, 0.25) is 0 Å². The van der Waals surface area contributed by atoms with Gasteiger partial charge in [-0.25, -0.2) is 4.98 Å². The predicted octanol–water partition coefficient (Wildman–Crippen LogP) is 17.1. The van der Waals surface area contributed by atoms with Crippen LogP contribution in [0.4, 0.5) is 0 Å². The molecule has 1 aliphatic carbocycles. The van der Waals surface area contributed by atoms with Gasteiger partial charge in [-0.3, -0.25) is 9.55 Å². The van der Waals surface area contributed by atoms with Crippen molar-refractivity contribution >= 4 is 11.0 Å². The maximum atomic E-state index is 12.3. The zero-order valence-electron chi connectivity index (χ0n) is 41.4. The summed E-state index contributed by atoms with van der Waals surface area (Å²) in [4.78, 5) is 10.7. The van der Waals surface area contributed by atoms with Crippen LogP contribution in [0.5, 0.6) is 5.75 Å². The van der Waals surface area contributed by atoms with E-state index >= 15 is 0 Å². The van der Waals surface area contributed by atoms with Crippen LogP contribution >= 0.6 is 0 Å². The topological polar surface area (TPSA) is 50.9 Å². The summed E-state index contributed by atoms with van der Waals surface area (Å²) in [6.07, 6.45) is 4.05. The van der Waals surface area contributed by atoms with Crippen molar-refractivity contribution in [3.05, 3.63) is 192 Å². The highest BCUT2D eigenvalue weighted by molar-refractivity contribution is 5.98. The molecule has 340 valence electrons. The van der Waals surface area contributed by atoms with Crippen molar-refractivity contribution in [3.8, 4) is 78.6 Å². The third-order valence-electron chi connectivity index (χ3n) is 14.6. The van der Waals surface area contributed by atoms with Crippen molar-refractivity contribution in [2.75, 3.05) is 0 Å². The van der Waals surface area contributed by atoms with E-state index in [0.717, 1.165) is 79.8 Å². The minimum absolute atomic E-state index is 0.0609. The summed E-state index contributed by atoms with van der Waals surface area (Å²) in [7, 11) is 0. The highest BCUT2D eigenvalue weighted by atomic mass is 16.3. The van der Waals surface area contributed by atoms with Gasteiger partial charge in [-0.05, 0) is 145 Å². The lowest BCUT2D eigenvalue weighted by Crippen LogP contribution is -2.33. The van der Waals surface area contributed by atoms with Gasteiger partial charge in [0, 0.05) is 22.9 Å². The Morgan fingerprint density at radius 1 is 0.471 bits per heavy atom. The van der Waals surface area contributed by atoms with Gasteiger partial charge < -0.3 is 5.11 Å². The van der Waals surface area contributed by atoms with E-state index in [4.69, 9.17) is 9.97 Å². The van der Waals surface area contributed by atoms with Gasteiger partial charge in [0.25, 0.3) is 0 Å². The molecule has 68 heavy (non-hydrogen) atoms. The van der Waals surface area contributed by atoms with E-state index in [-0.39, 0.29) is 27.4 Å². The highest BCUT2D eigenvalue weighted by Gasteiger charge is 2.38. The molecule has 1 aliphatic rings. The molecule has 0 saturated heterocycles. The van der Waals surface area contributed by atoms with Gasteiger partial charge in [-0.15, -0.1) is 0 Å². The standard InChI is InChI=1S/C64H63N3O/c1-61(2,3)48-28-29-56(51(38-48)44-20-15-12-16-21-44)67-57-23-17-22-50(59(57)66-60(67)52-39-53-54(40-58(52)68)64(9,10)32-31-63(53,7)8)46-34-47(36-49(35-46)62(4,5)6)55-37-45(30-33-65-55)43-26-24-42(25-27-43)41-18-13-11-14-19-41/h11-30,33-40,68H,31-32H2,1-10H3. The normalized spacial score (nSPS) is 14.5. The smallest absolute Gasteiger partial charge is 0.149 e. The number of hydrogen-bond donors (Lipinski definition) is 1. The Labute approximate surface area is 403 Å². The largest absolute Gasteiger partial charge is 0.507 e. The van der Waals surface area contributed by atoms with Crippen LogP contribution in [0.15, 0.2) is 170 Å². The van der Waals surface area contributed by atoms with Crippen LogP contribution in [-0.2, 0) is 21.7 Å². The number of phenols is 1. The average Bonchev–Trinajstić information content (AvgIpc) is 3.72. The fourth-order valence-electron chi connectivity index (χ4n) is 10.2. The molecule has 0 spiro atoms. The lowest BCUT2D eigenvalue weighted by molar-refractivity contribution is 0.330. The van der Waals surface area contributed by atoms with Crippen molar-refractivity contribution in [2.45, 2.75) is 104 Å². The van der Waals surface area contributed by atoms with Crippen LogP contribution in [-0.4, -0.2) is 19.6 Å². The molecule has 9 aromatic rings. The molecule has 0 fully saturated rings. The molecule has 0 radical (unpaired) electrons. The Morgan fingerprint density at radius 3 is 1.71 bits per heavy atom. The van der Waals surface area contributed by atoms with E-state index in [9.17, 15) is 5.11 Å². The molecule has 2 heterocycles. The number of nitrogens with zero attached hydrogens (tertiary/aromatic N) is 3. The summed E-state index contributed by atoms with van der Waals surface area (Å²) < 4.78 is 2.30. The monoisotopic (exact) mass is 889 g/mol. The average molecular weight is 890 g/mol. The maximum absolute atomic E-state index is 12.3. The number of para-hydroxylation sites is 1. The van der Waals surface area contributed by atoms with Crippen LogP contribution in [0.1, 0.15) is 104 Å². The molecule has 0 amide bonds. The molecule has 4 nitrogen and oxygen atoms in total. The number of fused-ring (bicyclic) bond motifs is 2. The number of benzene rings is 7. The summed E-state index contributed by atoms with van der Waals surface area (Å²) in [5.41, 5.74) is 19.1. The second-order valence-electron chi connectivity index (χ2n) is 22.4. The van der Waals surface area contributed by atoms with Crippen LogP contribution in [0.25, 0.3) is 83.9 Å². The molecule has 0 saturated carbocycles. The van der Waals surface area contributed by atoms with Crippen LogP contribution in [0.3, 0.4) is 0 Å². The minimum Gasteiger partial charge on any atom is -0.507 e. The van der Waals surface area contributed by atoms with E-state index < -0.39 is 0 Å². The van der Waals surface area contributed by atoms with Gasteiger partial charge in [0.15, 0.2) is 0 Å². The number of imidazole rings is 1. The van der Waals surface area contributed by atoms with Crippen molar-refractivity contribution < 1.29 is 5.11 Å². The fraction of sp³-hybridized carbons (Fsp3) is 0.250. The first kappa shape index (κ1) is 44.8. The lowest BCUT2D eigenvalue weighted by Gasteiger charge is -2.42. The molecule has 10 rings (SSSR count). The van der Waals surface area contributed by atoms with E-state index in [0.29, 0.717) is 5.82 Å². The van der Waals surface area contributed by atoms with Gasteiger partial charge in [0.1, 0.15) is 11.6 Å². The van der Waals surface area contributed by atoms with E-state index in [2.05, 4.69) is 232 Å². The van der Waals surface area contributed by atoms with Crippen molar-refractivity contribution in [1.29, 1.82) is 0 Å². The molecule has 0 unspecified atom stereocenters. The van der Waals surface area contributed by atoms with Crippen molar-refractivity contribution in [2.24, 2.45) is 0 Å². The molecule has 1 N–H and O–H groups in total. The Balaban J connectivity index is 1.20. The first-order valence-electron chi connectivity index (χ1n) is 24.2. The summed E-state index contributed by atoms with van der Waals surface area (Å²) in [6.45, 7) is 22.9. The number of rotatable bonds is 7. The summed E-state index contributed by atoms with van der Waals surface area (Å²) in [5, 5.41) is 12.3. The number of pyridine rings is 1. The third-order valence-corrected chi connectivity index (χ3v) is 14.6. The third kappa shape index (κ3) is 8.25. The number of aromatic nitrogens is 3. The molecular formula is C64H63N3O. The molecule has 0 aliphatic heterocycles. The van der Waals surface area contributed by atoms with Crippen LogP contribution < -0.4 is 0 Å². The van der Waals surface area contributed by atoms with E-state index in [1.165, 1.54) is 33.4 Å². The molecule has 0 bridgehead atoms. The molecule has 4 heteroatoms. The van der Waals surface area contributed by atoms with Gasteiger partial charge in [0.05, 0.1) is 28.0 Å². The minimum atomic E-state index is -0.150. The second-order valence-corrected chi connectivity index (χ2v) is 22.4. The quantitative estimate of drug-likeness (QED) is 0.173. The number of hydrogen-bond acceptors (Lipinski definition) is 3. The zero-order valence-corrected chi connectivity index (χ0v) is 41.4. The highest BCUT2D eigenvalue weighted by Crippen LogP contribution is 2.50. The Morgan fingerprint density at radius 2 is 1.06 bits per heavy atom. The Hall–Kier alpha value is -7.04. The van der Waals surface area contributed by atoms with Gasteiger partial charge in [-0.2, -0.15) is 0 Å². The maximum Gasteiger partial charge on any atom is 0.149 e. The first-order chi connectivity index (χ1) is 32.4. The Kier molecular flexibility index (Phi) is 10.9. The SMILES string of the molecule is CC(C)(C)c1cc(-c2cc(-c3ccc(-c4ccccc4)cc3)ccn2)cc(-c2cccc3c2nc(-c2cc4c(cc2O)C(C)(C)CCC4(C)C)n3-c2ccc(C(C)(C)C)cc2-c2ccccc2)c1. The first-order valence-corrected chi connectivity index (χ1v) is 24.2. The van der Waals surface area contributed by atoms with Crippen molar-refractivity contribution in [1.82, 2.24) is 14.5 Å². The number of aromatic hydroxyl groups is 1. The molecule has 0 atom stereocenters. The van der Waals surface area contributed by atoms with Crippen molar-refractivity contribution in [3.63, 3.8) is 0 Å². The second kappa shape index (κ2) is 16.6. The Bertz CT molecular complexity index is 3340. The zero-order chi connectivity index (χ0) is 47.8. The van der Waals surface area contributed by atoms with Gasteiger partial charge >= 0.3 is 0 Å². The van der Waals surface area contributed by atoms with E-state index in [1.54, 1.807) is 0 Å². The molecular weight excluding hydrogens is 827 g/mol. The lowest BCUT2D eigenvalue weighted by atomic mass is 9.63. The molecule has 2 aromatic heterocycles. The van der Waals surface area contributed by atoms with Gasteiger partial charge in [-0.1, -0.05) is 178 Å². The summed E-state index contributed by atoms with van der Waals surface area (Å²) in [5.74, 6) is 0.963. The van der Waals surface area contributed by atoms with Crippen LogP contribution in [0.2, 0.25) is 0 Å². The predicted molar refractivity (Wildman–Crippen MR) is 286 cm³/mol. The van der Waals surface area contributed by atoms with E-state index in [1.807, 2.05) is 12.3 Å². The molecule has 7 aromatic carbocycles.